The standard InChI is InChI=1S/C22H27N7O2/c1-16(2)22(31)23-14-18-5-3-17(4-6-18)13-21(30)28-11-9-27(10-12-28)20-8-7-19-25-24-15-29(19)26-20/h3-8,15-16H,9-14H2,1-2H3,(H,23,31). The van der Waals surface area contributed by atoms with Crippen LogP contribution in [0.3, 0.4) is 0 Å². The molecule has 3 heterocycles. The average Bonchev–Trinajstić information content (AvgIpc) is 3.26. The molecule has 1 saturated heterocycles. The van der Waals surface area contributed by atoms with Crippen molar-refractivity contribution in [2.75, 3.05) is 31.1 Å². The van der Waals surface area contributed by atoms with E-state index in [0.717, 1.165) is 30.0 Å². The van der Waals surface area contributed by atoms with Crippen LogP contribution in [0.2, 0.25) is 0 Å². The summed E-state index contributed by atoms with van der Waals surface area (Å²) in [6.07, 6.45) is 1.96. The van der Waals surface area contributed by atoms with Gasteiger partial charge in [0.05, 0.1) is 6.42 Å². The van der Waals surface area contributed by atoms with Gasteiger partial charge in [0.1, 0.15) is 12.1 Å². The molecule has 0 aliphatic carbocycles. The number of nitrogens with zero attached hydrogens (tertiary/aromatic N) is 6. The summed E-state index contributed by atoms with van der Waals surface area (Å²) < 4.78 is 1.66. The summed E-state index contributed by atoms with van der Waals surface area (Å²) in [5, 5.41) is 15.3. The minimum atomic E-state index is -0.0287. The van der Waals surface area contributed by atoms with Gasteiger partial charge in [-0.05, 0) is 23.3 Å². The highest BCUT2D eigenvalue weighted by molar-refractivity contribution is 5.79. The number of carbonyl (C=O) groups excluding carboxylic acids is 2. The second kappa shape index (κ2) is 9.11. The SMILES string of the molecule is CC(C)C(=O)NCc1ccc(CC(=O)N2CCN(c3ccc4nncn4n3)CC2)cc1. The van der Waals surface area contributed by atoms with Crippen LogP contribution in [0.1, 0.15) is 25.0 Å². The normalized spacial score (nSPS) is 14.3. The second-order valence-electron chi connectivity index (χ2n) is 8.06. The Hall–Kier alpha value is -3.49. The molecule has 9 heteroatoms. The predicted octanol–water partition coefficient (Wildman–Crippen LogP) is 1.29. The fraction of sp³-hybridized carbons (Fsp3) is 0.409. The van der Waals surface area contributed by atoms with Gasteiger partial charge >= 0.3 is 0 Å². The zero-order valence-corrected chi connectivity index (χ0v) is 17.9. The molecule has 0 unspecified atom stereocenters. The van der Waals surface area contributed by atoms with E-state index in [1.54, 1.807) is 10.8 Å². The maximum atomic E-state index is 12.7. The molecule has 0 bridgehead atoms. The Bertz CT molecular complexity index is 1050. The number of hydrogen-bond donors (Lipinski definition) is 1. The summed E-state index contributed by atoms with van der Waals surface area (Å²) in [4.78, 5) is 28.5. The molecule has 0 atom stereocenters. The summed E-state index contributed by atoms with van der Waals surface area (Å²) in [5.74, 6) is 0.997. The van der Waals surface area contributed by atoms with E-state index in [-0.39, 0.29) is 17.7 Å². The van der Waals surface area contributed by atoms with Crippen molar-refractivity contribution in [2.45, 2.75) is 26.8 Å². The molecule has 1 fully saturated rings. The Morgan fingerprint density at radius 2 is 1.71 bits per heavy atom. The van der Waals surface area contributed by atoms with E-state index in [1.807, 2.05) is 55.1 Å². The van der Waals surface area contributed by atoms with Crippen LogP contribution < -0.4 is 10.2 Å². The summed E-state index contributed by atoms with van der Waals surface area (Å²) in [6.45, 7) is 7.05. The van der Waals surface area contributed by atoms with Gasteiger partial charge in [0.15, 0.2) is 5.65 Å². The minimum Gasteiger partial charge on any atom is -0.352 e. The highest BCUT2D eigenvalue weighted by atomic mass is 16.2. The lowest BCUT2D eigenvalue weighted by atomic mass is 10.1. The number of anilines is 1. The second-order valence-corrected chi connectivity index (χ2v) is 8.06. The number of carbonyl (C=O) groups is 2. The van der Waals surface area contributed by atoms with Gasteiger partial charge in [0.25, 0.3) is 0 Å². The molecule has 3 aromatic rings. The van der Waals surface area contributed by atoms with Gasteiger partial charge in [0.2, 0.25) is 11.8 Å². The summed E-state index contributed by atoms with van der Waals surface area (Å²) in [5.41, 5.74) is 2.72. The molecular formula is C22H27N7O2. The molecule has 1 aliphatic heterocycles. The van der Waals surface area contributed by atoms with Gasteiger partial charge in [-0.15, -0.1) is 15.3 Å². The topological polar surface area (TPSA) is 95.7 Å². The zero-order chi connectivity index (χ0) is 21.8. The van der Waals surface area contributed by atoms with Crippen molar-refractivity contribution in [1.82, 2.24) is 30.0 Å². The maximum absolute atomic E-state index is 12.7. The van der Waals surface area contributed by atoms with Crippen LogP contribution in [-0.4, -0.2) is 62.7 Å². The molecule has 1 aliphatic rings. The van der Waals surface area contributed by atoms with E-state index in [0.29, 0.717) is 31.7 Å². The van der Waals surface area contributed by atoms with Crippen LogP contribution in [0.5, 0.6) is 0 Å². The van der Waals surface area contributed by atoms with Crippen molar-refractivity contribution in [1.29, 1.82) is 0 Å². The molecule has 1 aromatic carbocycles. The first-order valence-corrected chi connectivity index (χ1v) is 10.5. The van der Waals surface area contributed by atoms with Crippen LogP contribution >= 0.6 is 0 Å². The number of amides is 2. The molecule has 2 aromatic heterocycles. The Balaban J connectivity index is 1.27. The summed E-state index contributed by atoms with van der Waals surface area (Å²) in [6, 6.07) is 11.7. The largest absolute Gasteiger partial charge is 0.352 e. The highest BCUT2D eigenvalue weighted by Gasteiger charge is 2.22. The molecule has 31 heavy (non-hydrogen) atoms. The Kier molecular flexibility index (Phi) is 6.11. The molecule has 1 N–H and O–H groups in total. The Morgan fingerprint density at radius 1 is 1.00 bits per heavy atom. The van der Waals surface area contributed by atoms with Crippen LogP contribution in [0.25, 0.3) is 5.65 Å². The minimum absolute atomic E-state index is 0.0287. The van der Waals surface area contributed by atoms with Crippen molar-refractivity contribution in [3.63, 3.8) is 0 Å². The zero-order valence-electron chi connectivity index (χ0n) is 17.9. The average molecular weight is 422 g/mol. The van der Waals surface area contributed by atoms with Gasteiger partial charge < -0.3 is 15.1 Å². The van der Waals surface area contributed by atoms with E-state index >= 15 is 0 Å². The molecule has 4 rings (SSSR count). The van der Waals surface area contributed by atoms with Crippen molar-refractivity contribution in [2.24, 2.45) is 5.92 Å². The molecule has 162 valence electrons. The van der Waals surface area contributed by atoms with Gasteiger partial charge in [-0.1, -0.05) is 38.1 Å². The molecule has 0 saturated carbocycles. The van der Waals surface area contributed by atoms with E-state index in [2.05, 4.69) is 25.5 Å². The van der Waals surface area contributed by atoms with E-state index < -0.39 is 0 Å². The molecule has 0 spiro atoms. The van der Waals surface area contributed by atoms with E-state index in [9.17, 15) is 9.59 Å². The Labute approximate surface area is 181 Å². The molecule has 0 radical (unpaired) electrons. The summed E-state index contributed by atoms with van der Waals surface area (Å²) in [7, 11) is 0. The van der Waals surface area contributed by atoms with Crippen LogP contribution in [0, 0.1) is 5.92 Å². The van der Waals surface area contributed by atoms with Crippen molar-refractivity contribution >= 4 is 23.3 Å². The number of rotatable bonds is 6. The number of nitrogens with one attached hydrogen (secondary N) is 1. The number of benzene rings is 1. The first-order valence-electron chi connectivity index (χ1n) is 10.5. The van der Waals surface area contributed by atoms with Gasteiger partial charge in [0, 0.05) is 38.6 Å². The number of piperazine rings is 1. The highest BCUT2D eigenvalue weighted by Crippen LogP contribution is 2.15. The first kappa shape index (κ1) is 20.8. The van der Waals surface area contributed by atoms with Gasteiger partial charge in [-0.3, -0.25) is 9.59 Å². The van der Waals surface area contributed by atoms with Gasteiger partial charge in [-0.2, -0.15) is 4.52 Å². The lowest BCUT2D eigenvalue weighted by Gasteiger charge is -2.35. The molecular weight excluding hydrogens is 394 g/mol. The lowest BCUT2D eigenvalue weighted by molar-refractivity contribution is -0.130. The smallest absolute Gasteiger partial charge is 0.227 e. The molecule has 2 amide bonds. The first-order chi connectivity index (χ1) is 15.0. The van der Waals surface area contributed by atoms with E-state index in [1.165, 1.54) is 0 Å². The van der Waals surface area contributed by atoms with Crippen molar-refractivity contribution in [3.05, 3.63) is 53.9 Å². The predicted molar refractivity (Wildman–Crippen MR) is 116 cm³/mol. The van der Waals surface area contributed by atoms with Gasteiger partial charge in [-0.25, -0.2) is 0 Å². The fourth-order valence-electron chi connectivity index (χ4n) is 3.53. The third-order valence-electron chi connectivity index (χ3n) is 5.47. The van der Waals surface area contributed by atoms with Crippen molar-refractivity contribution in [3.8, 4) is 0 Å². The van der Waals surface area contributed by atoms with Crippen LogP contribution in [-0.2, 0) is 22.6 Å². The molecule has 9 nitrogen and oxygen atoms in total. The summed E-state index contributed by atoms with van der Waals surface area (Å²) >= 11 is 0. The number of fused-ring (bicyclic) bond motifs is 1. The third kappa shape index (κ3) is 4.99. The Morgan fingerprint density at radius 3 is 2.42 bits per heavy atom. The third-order valence-corrected chi connectivity index (χ3v) is 5.47. The number of aromatic nitrogens is 4. The lowest BCUT2D eigenvalue weighted by Crippen LogP contribution is -2.49. The van der Waals surface area contributed by atoms with Crippen molar-refractivity contribution < 1.29 is 9.59 Å². The van der Waals surface area contributed by atoms with Crippen LogP contribution in [0.4, 0.5) is 5.82 Å². The monoisotopic (exact) mass is 421 g/mol. The van der Waals surface area contributed by atoms with Crippen LogP contribution in [0.15, 0.2) is 42.7 Å². The number of hydrogen-bond acceptors (Lipinski definition) is 6. The quantitative estimate of drug-likeness (QED) is 0.644. The fourth-order valence-corrected chi connectivity index (χ4v) is 3.53. The van der Waals surface area contributed by atoms with E-state index in [4.69, 9.17) is 0 Å². The maximum Gasteiger partial charge on any atom is 0.227 e.